The number of rotatable bonds is 5. The lowest BCUT2D eigenvalue weighted by molar-refractivity contribution is 0.0995. The standard InChI is InChI=1S/C19H29NO/c1-13-4-9-19(16(10-13)12-20-17-6-7-17)21-18-8-5-14(2)15(3)11-18/h4,9-10,14-15,17-18,20H,5-8,11-12H2,1-3H3. The third-order valence-corrected chi connectivity index (χ3v) is 5.22. The van der Waals surface area contributed by atoms with Crippen LogP contribution in [0, 0.1) is 18.8 Å². The second-order valence-electron chi connectivity index (χ2n) is 7.27. The highest BCUT2D eigenvalue weighted by Gasteiger charge is 2.26. The molecule has 2 fully saturated rings. The molecular formula is C19H29NO. The van der Waals surface area contributed by atoms with Crippen molar-refractivity contribution in [1.29, 1.82) is 0 Å². The SMILES string of the molecule is Cc1ccc(OC2CCC(C)C(C)C2)c(CNC2CC2)c1. The summed E-state index contributed by atoms with van der Waals surface area (Å²) in [6, 6.07) is 7.36. The normalized spacial score (nSPS) is 29.4. The smallest absolute Gasteiger partial charge is 0.124 e. The zero-order chi connectivity index (χ0) is 14.8. The number of nitrogens with one attached hydrogen (secondary N) is 1. The minimum absolute atomic E-state index is 0.401. The Morgan fingerprint density at radius 2 is 1.90 bits per heavy atom. The van der Waals surface area contributed by atoms with Gasteiger partial charge < -0.3 is 10.1 Å². The first-order chi connectivity index (χ1) is 10.1. The molecular weight excluding hydrogens is 258 g/mol. The van der Waals surface area contributed by atoms with Crippen LogP contribution in [0.3, 0.4) is 0 Å². The molecule has 0 aromatic heterocycles. The van der Waals surface area contributed by atoms with E-state index in [0.29, 0.717) is 6.10 Å². The fourth-order valence-corrected chi connectivity index (χ4v) is 3.29. The van der Waals surface area contributed by atoms with E-state index >= 15 is 0 Å². The molecule has 116 valence electrons. The fourth-order valence-electron chi connectivity index (χ4n) is 3.29. The summed E-state index contributed by atoms with van der Waals surface area (Å²) >= 11 is 0. The summed E-state index contributed by atoms with van der Waals surface area (Å²) in [5.41, 5.74) is 2.65. The van der Waals surface area contributed by atoms with Crippen molar-refractivity contribution in [1.82, 2.24) is 5.32 Å². The zero-order valence-corrected chi connectivity index (χ0v) is 13.7. The third-order valence-electron chi connectivity index (χ3n) is 5.22. The predicted molar refractivity (Wildman–Crippen MR) is 87.6 cm³/mol. The number of hydrogen-bond donors (Lipinski definition) is 1. The van der Waals surface area contributed by atoms with E-state index in [4.69, 9.17) is 4.74 Å². The zero-order valence-electron chi connectivity index (χ0n) is 13.7. The van der Waals surface area contributed by atoms with Gasteiger partial charge in [-0.3, -0.25) is 0 Å². The van der Waals surface area contributed by atoms with E-state index in [-0.39, 0.29) is 0 Å². The summed E-state index contributed by atoms with van der Waals surface area (Å²) < 4.78 is 6.37. The minimum Gasteiger partial charge on any atom is -0.490 e. The lowest BCUT2D eigenvalue weighted by Crippen LogP contribution is -2.29. The summed E-state index contributed by atoms with van der Waals surface area (Å²) in [4.78, 5) is 0. The maximum absolute atomic E-state index is 6.37. The van der Waals surface area contributed by atoms with Gasteiger partial charge in [0.05, 0.1) is 6.10 Å². The summed E-state index contributed by atoms with van der Waals surface area (Å²) in [5.74, 6) is 2.72. The van der Waals surface area contributed by atoms with E-state index < -0.39 is 0 Å². The van der Waals surface area contributed by atoms with Crippen LogP contribution in [-0.4, -0.2) is 12.1 Å². The topological polar surface area (TPSA) is 21.3 Å². The van der Waals surface area contributed by atoms with Gasteiger partial charge in [0.2, 0.25) is 0 Å². The molecule has 0 saturated heterocycles. The lowest BCUT2D eigenvalue weighted by atomic mass is 9.80. The van der Waals surface area contributed by atoms with Gasteiger partial charge in [0.25, 0.3) is 0 Å². The van der Waals surface area contributed by atoms with Crippen molar-refractivity contribution in [3.8, 4) is 5.75 Å². The van der Waals surface area contributed by atoms with Crippen LogP contribution in [0.1, 0.15) is 57.1 Å². The average Bonchev–Trinajstić information content (AvgIpc) is 3.27. The number of aryl methyl sites for hydroxylation is 1. The molecule has 2 aliphatic rings. The highest BCUT2D eigenvalue weighted by atomic mass is 16.5. The van der Waals surface area contributed by atoms with Gasteiger partial charge in [-0.25, -0.2) is 0 Å². The second-order valence-corrected chi connectivity index (χ2v) is 7.27. The summed E-state index contributed by atoms with van der Waals surface area (Å²) in [7, 11) is 0. The van der Waals surface area contributed by atoms with E-state index in [0.717, 1.165) is 30.2 Å². The van der Waals surface area contributed by atoms with Crippen molar-refractivity contribution >= 4 is 0 Å². The Labute approximate surface area is 129 Å². The van der Waals surface area contributed by atoms with Gasteiger partial charge in [-0.05, 0) is 56.9 Å². The molecule has 2 aliphatic carbocycles. The van der Waals surface area contributed by atoms with Gasteiger partial charge in [0.15, 0.2) is 0 Å². The predicted octanol–water partition coefficient (Wildman–Crippen LogP) is 4.45. The Bertz CT molecular complexity index is 480. The van der Waals surface area contributed by atoms with Crippen LogP contribution >= 0.6 is 0 Å². The van der Waals surface area contributed by atoms with Crippen LogP contribution in [0.2, 0.25) is 0 Å². The van der Waals surface area contributed by atoms with E-state index in [1.807, 2.05) is 0 Å². The Balaban J connectivity index is 1.65. The molecule has 3 unspecified atom stereocenters. The first-order valence-corrected chi connectivity index (χ1v) is 8.61. The van der Waals surface area contributed by atoms with E-state index in [2.05, 4.69) is 44.3 Å². The highest BCUT2D eigenvalue weighted by molar-refractivity contribution is 5.37. The largest absolute Gasteiger partial charge is 0.490 e. The van der Waals surface area contributed by atoms with Crippen molar-refractivity contribution in [3.63, 3.8) is 0 Å². The van der Waals surface area contributed by atoms with Gasteiger partial charge in [0.1, 0.15) is 5.75 Å². The van der Waals surface area contributed by atoms with Gasteiger partial charge in [0, 0.05) is 18.2 Å². The van der Waals surface area contributed by atoms with E-state index in [1.165, 1.54) is 43.2 Å². The Morgan fingerprint density at radius 1 is 1.10 bits per heavy atom. The van der Waals surface area contributed by atoms with Crippen molar-refractivity contribution < 1.29 is 4.74 Å². The monoisotopic (exact) mass is 287 g/mol. The van der Waals surface area contributed by atoms with E-state index in [9.17, 15) is 0 Å². The quantitative estimate of drug-likeness (QED) is 0.864. The van der Waals surface area contributed by atoms with Crippen molar-refractivity contribution in [3.05, 3.63) is 29.3 Å². The van der Waals surface area contributed by atoms with Gasteiger partial charge in [-0.1, -0.05) is 31.5 Å². The second kappa shape index (κ2) is 6.39. The molecule has 2 heteroatoms. The van der Waals surface area contributed by atoms with Crippen molar-refractivity contribution in [2.24, 2.45) is 11.8 Å². The number of ether oxygens (including phenoxy) is 1. The third kappa shape index (κ3) is 4.00. The summed E-state index contributed by atoms with van der Waals surface area (Å²) in [6.07, 6.45) is 6.77. The number of benzene rings is 1. The minimum atomic E-state index is 0.401. The highest BCUT2D eigenvalue weighted by Crippen LogP contribution is 2.33. The molecule has 0 bridgehead atoms. The summed E-state index contributed by atoms with van der Waals surface area (Å²) in [5, 5.41) is 3.61. The molecule has 2 saturated carbocycles. The van der Waals surface area contributed by atoms with Gasteiger partial charge >= 0.3 is 0 Å². The molecule has 1 N–H and O–H groups in total. The molecule has 3 atom stereocenters. The van der Waals surface area contributed by atoms with Crippen LogP contribution in [0.4, 0.5) is 0 Å². The van der Waals surface area contributed by atoms with Gasteiger partial charge in [-0.15, -0.1) is 0 Å². The maximum Gasteiger partial charge on any atom is 0.124 e. The molecule has 1 aromatic carbocycles. The van der Waals surface area contributed by atoms with Crippen molar-refractivity contribution in [2.45, 2.75) is 71.6 Å². The molecule has 0 aliphatic heterocycles. The molecule has 3 rings (SSSR count). The first kappa shape index (κ1) is 14.9. The Morgan fingerprint density at radius 3 is 2.62 bits per heavy atom. The number of hydrogen-bond acceptors (Lipinski definition) is 2. The molecule has 2 nitrogen and oxygen atoms in total. The molecule has 0 heterocycles. The molecule has 21 heavy (non-hydrogen) atoms. The Kier molecular flexibility index (Phi) is 4.54. The van der Waals surface area contributed by atoms with Crippen LogP contribution in [0.5, 0.6) is 5.75 Å². The molecule has 0 radical (unpaired) electrons. The van der Waals surface area contributed by atoms with Crippen LogP contribution < -0.4 is 10.1 Å². The van der Waals surface area contributed by atoms with Crippen LogP contribution in [0.15, 0.2) is 18.2 Å². The molecule has 1 aromatic rings. The lowest BCUT2D eigenvalue weighted by Gasteiger charge is -2.32. The molecule has 0 spiro atoms. The van der Waals surface area contributed by atoms with E-state index in [1.54, 1.807) is 0 Å². The Hall–Kier alpha value is -1.02. The first-order valence-electron chi connectivity index (χ1n) is 8.61. The van der Waals surface area contributed by atoms with Gasteiger partial charge in [-0.2, -0.15) is 0 Å². The average molecular weight is 287 g/mol. The summed E-state index contributed by atoms with van der Waals surface area (Å²) in [6.45, 7) is 7.85. The molecule has 0 amide bonds. The van der Waals surface area contributed by atoms with Crippen molar-refractivity contribution in [2.75, 3.05) is 0 Å². The van der Waals surface area contributed by atoms with Crippen LogP contribution in [-0.2, 0) is 6.54 Å². The maximum atomic E-state index is 6.37. The fraction of sp³-hybridized carbons (Fsp3) is 0.684. The van der Waals surface area contributed by atoms with Crippen LogP contribution in [0.25, 0.3) is 0 Å².